The Morgan fingerprint density at radius 3 is 2.69 bits per heavy atom. The summed E-state index contributed by atoms with van der Waals surface area (Å²) in [4.78, 5) is 16.6. The van der Waals surface area contributed by atoms with Gasteiger partial charge in [-0.05, 0) is 45.5 Å². The summed E-state index contributed by atoms with van der Waals surface area (Å²) in [6.07, 6.45) is 0. The highest BCUT2D eigenvalue weighted by molar-refractivity contribution is 7.20. The lowest BCUT2D eigenvalue weighted by Gasteiger charge is -2.24. The highest BCUT2D eigenvalue weighted by Crippen LogP contribution is 2.30. The Kier molecular flexibility index (Phi) is 5.74. The molecule has 0 saturated heterocycles. The largest absolute Gasteiger partial charge is 0.350 e. The molecule has 5 nitrogen and oxygen atoms in total. The van der Waals surface area contributed by atoms with E-state index in [-0.39, 0.29) is 5.91 Å². The fourth-order valence-corrected chi connectivity index (χ4v) is 4.18. The molecule has 0 fully saturated rings. The van der Waals surface area contributed by atoms with E-state index in [1.54, 1.807) is 0 Å². The van der Waals surface area contributed by atoms with Gasteiger partial charge in [-0.25, -0.2) is 4.68 Å². The first-order valence-corrected chi connectivity index (χ1v) is 9.89. The molecule has 0 saturated carbocycles. The second-order valence-electron chi connectivity index (χ2n) is 6.64. The molecule has 2 heterocycles. The average molecular weight is 371 g/mol. The molecule has 138 valence electrons. The van der Waals surface area contributed by atoms with Gasteiger partial charge in [0.25, 0.3) is 5.91 Å². The minimum Gasteiger partial charge on any atom is -0.350 e. The fraction of sp³-hybridized carbons (Fsp3) is 0.400. The molecule has 1 aromatic carbocycles. The molecule has 6 heteroatoms. The summed E-state index contributed by atoms with van der Waals surface area (Å²) < 4.78 is 1.92. The van der Waals surface area contributed by atoms with Gasteiger partial charge in [0.1, 0.15) is 4.83 Å². The normalized spacial score (nSPS) is 11.6. The van der Waals surface area contributed by atoms with Gasteiger partial charge in [-0.15, -0.1) is 11.3 Å². The molecule has 0 aliphatic heterocycles. The van der Waals surface area contributed by atoms with Gasteiger partial charge in [0.15, 0.2) is 0 Å². The third kappa shape index (κ3) is 3.81. The first kappa shape index (κ1) is 18.6. The Morgan fingerprint density at radius 1 is 1.31 bits per heavy atom. The van der Waals surface area contributed by atoms with Crippen molar-refractivity contribution in [2.24, 2.45) is 0 Å². The predicted octanol–water partition coefficient (Wildman–Crippen LogP) is 3.86. The van der Waals surface area contributed by atoms with E-state index in [2.05, 4.69) is 36.1 Å². The molecule has 0 radical (unpaired) electrons. The van der Waals surface area contributed by atoms with Crippen LogP contribution in [-0.2, 0) is 0 Å². The Bertz CT molecular complexity index is 882. The molecule has 3 aromatic rings. The molecular weight excluding hydrogens is 344 g/mol. The van der Waals surface area contributed by atoms with E-state index in [0.29, 0.717) is 12.6 Å². The van der Waals surface area contributed by atoms with E-state index < -0.39 is 0 Å². The maximum Gasteiger partial charge on any atom is 0.261 e. The quantitative estimate of drug-likeness (QED) is 0.687. The van der Waals surface area contributed by atoms with Crippen LogP contribution in [0.25, 0.3) is 15.9 Å². The molecule has 26 heavy (non-hydrogen) atoms. The van der Waals surface area contributed by atoms with Crippen LogP contribution in [0.4, 0.5) is 0 Å². The average Bonchev–Trinajstić information content (AvgIpc) is 3.20. The van der Waals surface area contributed by atoms with Gasteiger partial charge in [-0.2, -0.15) is 5.10 Å². The zero-order chi connectivity index (χ0) is 18.7. The topological polar surface area (TPSA) is 50.2 Å². The van der Waals surface area contributed by atoms with E-state index in [1.807, 2.05) is 48.0 Å². The molecule has 0 unspecified atom stereocenters. The van der Waals surface area contributed by atoms with Crippen molar-refractivity contribution in [2.45, 2.75) is 33.7 Å². The second-order valence-corrected chi connectivity index (χ2v) is 7.67. The van der Waals surface area contributed by atoms with Crippen LogP contribution in [0, 0.1) is 6.92 Å². The summed E-state index contributed by atoms with van der Waals surface area (Å²) in [6.45, 7) is 11.0. The molecule has 0 aliphatic rings. The molecule has 0 aliphatic carbocycles. The van der Waals surface area contributed by atoms with Gasteiger partial charge in [-0.3, -0.25) is 9.69 Å². The molecule has 0 bridgehead atoms. The lowest BCUT2D eigenvalue weighted by molar-refractivity contribution is 0.0950. The van der Waals surface area contributed by atoms with E-state index in [0.717, 1.165) is 39.6 Å². The number of benzene rings is 1. The predicted molar refractivity (Wildman–Crippen MR) is 108 cm³/mol. The number of para-hydroxylation sites is 1. The number of aryl methyl sites for hydroxylation is 1. The highest BCUT2D eigenvalue weighted by atomic mass is 32.1. The third-order valence-electron chi connectivity index (χ3n) is 4.59. The number of nitrogens with one attached hydrogen (secondary N) is 1. The summed E-state index contributed by atoms with van der Waals surface area (Å²) in [6, 6.07) is 12.5. The van der Waals surface area contributed by atoms with Crippen LogP contribution in [-0.4, -0.2) is 46.3 Å². The number of nitrogens with zero attached hydrogens (tertiary/aromatic N) is 3. The molecule has 1 N–H and O–H groups in total. The third-order valence-corrected chi connectivity index (χ3v) is 5.70. The van der Waals surface area contributed by atoms with Crippen LogP contribution in [0.1, 0.15) is 36.1 Å². The van der Waals surface area contributed by atoms with Crippen LogP contribution >= 0.6 is 11.3 Å². The monoisotopic (exact) mass is 370 g/mol. The summed E-state index contributed by atoms with van der Waals surface area (Å²) in [5.41, 5.74) is 1.95. The molecular formula is C20H26N4OS. The Labute approximate surface area is 158 Å². The smallest absolute Gasteiger partial charge is 0.261 e. The van der Waals surface area contributed by atoms with Crippen molar-refractivity contribution in [2.75, 3.05) is 19.6 Å². The maximum atomic E-state index is 12.6. The van der Waals surface area contributed by atoms with Crippen LogP contribution < -0.4 is 5.32 Å². The highest BCUT2D eigenvalue weighted by Gasteiger charge is 2.17. The minimum atomic E-state index is -0.00924. The number of carbonyl (C=O) groups excluding carboxylic acids is 1. The zero-order valence-electron chi connectivity index (χ0n) is 15.8. The second kappa shape index (κ2) is 8.01. The van der Waals surface area contributed by atoms with E-state index in [1.165, 1.54) is 11.3 Å². The number of aromatic nitrogens is 2. The zero-order valence-corrected chi connectivity index (χ0v) is 16.6. The lowest BCUT2D eigenvalue weighted by atomic mass is 10.3. The van der Waals surface area contributed by atoms with Crippen LogP contribution in [0.5, 0.6) is 0 Å². The molecule has 2 aromatic heterocycles. The van der Waals surface area contributed by atoms with Crippen molar-refractivity contribution in [1.82, 2.24) is 20.0 Å². The Balaban J connectivity index is 1.76. The number of fused-ring (bicyclic) bond motifs is 1. The Morgan fingerprint density at radius 2 is 2.04 bits per heavy atom. The number of likely N-dealkylation sites (N-methyl/N-ethyl adjacent to an activating group) is 1. The van der Waals surface area contributed by atoms with E-state index in [9.17, 15) is 4.79 Å². The van der Waals surface area contributed by atoms with Gasteiger partial charge >= 0.3 is 0 Å². The first-order chi connectivity index (χ1) is 12.5. The van der Waals surface area contributed by atoms with Gasteiger partial charge in [0.2, 0.25) is 0 Å². The molecule has 0 atom stereocenters. The van der Waals surface area contributed by atoms with Crippen molar-refractivity contribution >= 4 is 27.5 Å². The summed E-state index contributed by atoms with van der Waals surface area (Å²) in [5, 5.41) is 8.72. The Hall–Kier alpha value is -2.18. The van der Waals surface area contributed by atoms with Crippen molar-refractivity contribution in [3.05, 3.63) is 47.0 Å². The van der Waals surface area contributed by atoms with Crippen molar-refractivity contribution in [3.8, 4) is 5.69 Å². The molecule has 3 rings (SSSR count). The SMILES string of the molecule is CCN(CCNC(=O)c1cc2c(C)nn(-c3ccccc3)c2s1)C(C)C. The van der Waals surface area contributed by atoms with Gasteiger partial charge in [0, 0.05) is 24.5 Å². The fourth-order valence-electron chi connectivity index (χ4n) is 3.08. The number of rotatable bonds is 7. The minimum absolute atomic E-state index is 0.00924. The van der Waals surface area contributed by atoms with Crippen LogP contribution in [0.3, 0.4) is 0 Å². The number of thiophene rings is 1. The van der Waals surface area contributed by atoms with Crippen molar-refractivity contribution in [3.63, 3.8) is 0 Å². The maximum absolute atomic E-state index is 12.6. The number of hydrogen-bond donors (Lipinski definition) is 1. The molecule has 0 spiro atoms. The van der Waals surface area contributed by atoms with E-state index >= 15 is 0 Å². The van der Waals surface area contributed by atoms with Crippen molar-refractivity contribution < 1.29 is 4.79 Å². The summed E-state index contributed by atoms with van der Waals surface area (Å²) >= 11 is 1.49. The van der Waals surface area contributed by atoms with Gasteiger partial charge in [0.05, 0.1) is 16.3 Å². The lowest BCUT2D eigenvalue weighted by Crippen LogP contribution is -2.38. The van der Waals surface area contributed by atoms with Crippen LogP contribution in [0.15, 0.2) is 36.4 Å². The van der Waals surface area contributed by atoms with Gasteiger partial charge in [-0.1, -0.05) is 25.1 Å². The number of carbonyl (C=O) groups is 1. The van der Waals surface area contributed by atoms with E-state index in [4.69, 9.17) is 0 Å². The number of amides is 1. The molecule has 1 amide bonds. The first-order valence-electron chi connectivity index (χ1n) is 9.08. The summed E-state index contributed by atoms with van der Waals surface area (Å²) in [5.74, 6) is -0.00924. The van der Waals surface area contributed by atoms with Crippen molar-refractivity contribution in [1.29, 1.82) is 0 Å². The summed E-state index contributed by atoms with van der Waals surface area (Å²) in [7, 11) is 0. The van der Waals surface area contributed by atoms with Crippen LogP contribution in [0.2, 0.25) is 0 Å². The van der Waals surface area contributed by atoms with Gasteiger partial charge < -0.3 is 5.32 Å². The standard InChI is InChI=1S/C20H26N4OS/c1-5-23(14(2)3)12-11-21-19(25)18-13-17-15(4)22-24(20(17)26-18)16-9-7-6-8-10-16/h6-10,13-14H,5,11-12H2,1-4H3,(H,21,25). The number of hydrogen-bond acceptors (Lipinski definition) is 4.